The molecule has 1 aliphatic carbocycles. The third-order valence-corrected chi connectivity index (χ3v) is 4.87. The predicted molar refractivity (Wildman–Crippen MR) is 103 cm³/mol. The van der Waals surface area contributed by atoms with Gasteiger partial charge in [-0.3, -0.25) is 9.79 Å². The number of nitrogens with zero attached hydrogens (tertiary/aromatic N) is 2. The van der Waals surface area contributed by atoms with Gasteiger partial charge in [-0.15, -0.1) is 0 Å². The first-order chi connectivity index (χ1) is 12.6. The Bertz CT molecular complexity index is 1040. The molecule has 132 valence electrons. The first kappa shape index (κ1) is 16.4. The molecule has 0 unspecified atom stereocenters. The normalized spacial score (nSPS) is 18.0. The highest BCUT2D eigenvalue weighted by Crippen LogP contribution is 2.33. The van der Waals surface area contributed by atoms with Crippen molar-refractivity contribution in [1.82, 2.24) is 4.57 Å². The summed E-state index contributed by atoms with van der Waals surface area (Å²) < 4.78 is 12.6. The Labute approximate surface area is 151 Å². The number of fused-ring (bicyclic) bond motifs is 3. The highest BCUT2D eigenvalue weighted by Gasteiger charge is 2.23. The first-order valence-corrected chi connectivity index (χ1v) is 8.55. The molecular weight excluding hydrogens is 328 g/mol. The van der Waals surface area contributed by atoms with Gasteiger partial charge in [-0.25, -0.2) is 0 Å². The largest absolute Gasteiger partial charge is 0.497 e. The Hall–Kier alpha value is -3.08. The summed E-state index contributed by atoms with van der Waals surface area (Å²) in [5.41, 5.74) is 4.88. The lowest BCUT2D eigenvalue weighted by Gasteiger charge is -2.14. The van der Waals surface area contributed by atoms with Gasteiger partial charge < -0.3 is 14.0 Å². The fourth-order valence-corrected chi connectivity index (χ4v) is 3.61. The Balaban J connectivity index is 1.98. The number of rotatable bonds is 3. The van der Waals surface area contributed by atoms with E-state index < -0.39 is 0 Å². The summed E-state index contributed by atoms with van der Waals surface area (Å²) in [5, 5.41) is 1.17. The minimum absolute atomic E-state index is 0.126. The van der Waals surface area contributed by atoms with Crippen molar-refractivity contribution in [2.24, 2.45) is 4.99 Å². The second-order valence-corrected chi connectivity index (χ2v) is 6.31. The molecule has 0 N–H and O–H groups in total. The summed E-state index contributed by atoms with van der Waals surface area (Å²) in [6, 6.07) is 6.06. The number of carbonyl (C=O) groups is 1. The maximum absolute atomic E-state index is 12.6. The molecule has 1 aromatic heterocycles. The van der Waals surface area contributed by atoms with Crippen LogP contribution in [0, 0.1) is 0 Å². The van der Waals surface area contributed by atoms with Crippen molar-refractivity contribution in [2.45, 2.75) is 13.3 Å². The highest BCUT2D eigenvalue weighted by molar-refractivity contribution is 6.13. The summed E-state index contributed by atoms with van der Waals surface area (Å²) in [6.07, 6.45) is 8.07. The van der Waals surface area contributed by atoms with Crippen molar-refractivity contribution in [3.63, 3.8) is 0 Å². The molecule has 1 aromatic carbocycles. The number of aliphatic imine (C=N–C) groups is 1. The second kappa shape index (κ2) is 6.33. The summed E-state index contributed by atoms with van der Waals surface area (Å²) in [6.45, 7) is 2.80. The van der Waals surface area contributed by atoms with Crippen LogP contribution in [0.3, 0.4) is 0 Å². The number of aromatic nitrogens is 1. The van der Waals surface area contributed by atoms with E-state index in [1.807, 2.05) is 31.3 Å². The number of ether oxygens (including phenoxy) is 2. The lowest BCUT2D eigenvalue weighted by atomic mass is 10.0. The molecule has 0 saturated carbocycles. The number of ketones is 1. The molecule has 2 aliphatic rings. The van der Waals surface area contributed by atoms with Crippen molar-refractivity contribution in [3.8, 4) is 5.75 Å². The molecule has 0 saturated heterocycles. The number of Topliss-reactive ketones (excluding diaryl/α,β-unsaturated/α-hetero) is 1. The fraction of sp³-hybridized carbons (Fsp3) is 0.238. The molecule has 0 amide bonds. The monoisotopic (exact) mass is 348 g/mol. The molecule has 1 aliphatic heterocycles. The van der Waals surface area contributed by atoms with E-state index in [9.17, 15) is 4.79 Å². The molecule has 0 atom stereocenters. The van der Waals surface area contributed by atoms with Gasteiger partial charge in [0, 0.05) is 29.8 Å². The van der Waals surface area contributed by atoms with Gasteiger partial charge in [-0.1, -0.05) is 6.08 Å². The lowest BCUT2D eigenvalue weighted by molar-refractivity contribution is -0.114. The summed E-state index contributed by atoms with van der Waals surface area (Å²) in [5.74, 6) is 0.996. The van der Waals surface area contributed by atoms with E-state index in [-0.39, 0.29) is 5.78 Å². The average molecular weight is 348 g/mol. The van der Waals surface area contributed by atoms with Crippen LogP contribution in [0.15, 0.2) is 52.8 Å². The third-order valence-electron chi connectivity index (χ3n) is 4.87. The van der Waals surface area contributed by atoms with E-state index >= 15 is 0 Å². The SMILES string of the molecule is COC1=CC=C/C(=C\n2c3c(c4ccc(OC)cc42)CCN=C3C)C1=O. The number of hydrogen-bond acceptors (Lipinski definition) is 4. The van der Waals surface area contributed by atoms with Gasteiger partial charge in [-0.2, -0.15) is 0 Å². The van der Waals surface area contributed by atoms with Gasteiger partial charge in [-0.05, 0) is 43.2 Å². The van der Waals surface area contributed by atoms with E-state index in [0.29, 0.717) is 11.3 Å². The number of allylic oxidation sites excluding steroid dienone is 4. The van der Waals surface area contributed by atoms with Crippen LogP contribution in [-0.2, 0) is 16.0 Å². The maximum Gasteiger partial charge on any atom is 0.229 e. The Morgan fingerprint density at radius 1 is 1.23 bits per heavy atom. The van der Waals surface area contributed by atoms with Crippen molar-refractivity contribution in [1.29, 1.82) is 0 Å². The summed E-state index contributed by atoms with van der Waals surface area (Å²) >= 11 is 0. The zero-order valence-corrected chi connectivity index (χ0v) is 15.1. The second-order valence-electron chi connectivity index (χ2n) is 6.31. The van der Waals surface area contributed by atoms with E-state index in [4.69, 9.17) is 9.47 Å². The fourth-order valence-electron chi connectivity index (χ4n) is 3.61. The quantitative estimate of drug-likeness (QED) is 0.798. The van der Waals surface area contributed by atoms with E-state index in [1.165, 1.54) is 18.1 Å². The number of benzene rings is 1. The molecule has 0 fully saturated rings. The molecule has 4 rings (SSSR count). The first-order valence-electron chi connectivity index (χ1n) is 8.55. The van der Waals surface area contributed by atoms with Gasteiger partial charge >= 0.3 is 0 Å². The van der Waals surface area contributed by atoms with Gasteiger partial charge in [0.1, 0.15) is 5.75 Å². The topological polar surface area (TPSA) is 52.8 Å². The van der Waals surface area contributed by atoms with Crippen LogP contribution in [0.4, 0.5) is 0 Å². The molecule has 2 heterocycles. The van der Waals surface area contributed by atoms with Crippen LogP contribution < -0.4 is 4.74 Å². The number of methoxy groups -OCH3 is 2. The molecule has 0 radical (unpaired) electrons. The molecule has 5 heteroatoms. The van der Waals surface area contributed by atoms with Crippen molar-refractivity contribution >= 4 is 28.6 Å². The zero-order chi connectivity index (χ0) is 18.3. The third kappa shape index (κ3) is 2.47. The van der Waals surface area contributed by atoms with Crippen molar-refractivity contribution in [2.75, 3.05) is 20.8 Å². The smallest absolute Gasteiger partial charge is 0.229 e. The standard InChI is InChI=1S/C21H20N2O3/c1-13-20-17(9-10-22-13)16-8-7-15(25-2)11-18(16)23(20)12-14-5-4-6-19(26-3)21(14)24/h4-8,11-12H,9-10H2,1-3H3/b14-12+. The molecule has 0 spiro atoms. The van der Waals surface area contributed by atoms with Crippen LogP contribution in [0.1, 0.15) is 18.2 Å². The lowest BCUT2D eigenvalue weighted by Crippen LogP contribution is -2.14. The van der Waals surface area contributed by atoms with Gasteiger partial charge in [0.2, 0.25) is 5.78 Å². The van der Waals surface area contributed by atoms with E-state index in [1.54, 1.807) is 19.3 Å². The average Bonchev–Trinajstić information content (AvgIpc) is 2.98. The van der Waals surface area contributed by atoms with Crippen molar-refractivity contribution in [3.05, 3.63) is 59.0 Å². The van der Waals surface area contributed by atoms with Gasteiger partial charge in [0.15, 0.2) is 5.76 Å². The molecule has 0 bridgehead atoms. The summed E-state index contributed by atoms with van der Waals surface area (Å²) in [7, 11) is 3.16. The minimum atomic E-state index is -0.126. The Kier molecular flexibility index (Phi) is 3.99. The molecule has 26 heavy (non-hydrogen) atoms. The highest BCUT2D eigenvalue weighted by atomic mass is 16.5. The van der Waals surface area contributed by atoms with Gasteiger partial charge in [0.25, 0.3) is 0 Å². The van der Waals surface area contributed by atoms with Crippen LogP contribution in [0.5, 0.6) is 5.75 Å². The van der Waals surface area contributed by atoms with Crippen LogP contribution in [0.25, 0.3) is 17.1 Å². The van der Waals surface area contributed by atoms with Crippen LogP contribution >= 0.6 is 0 Å². The molecule has 5 nitrogen and oxygen atoms in total. The van der Waals surface area contributed by atoms with Crippen LogP contribution in [-0.4, -0.2) is 36.8 Å². The number of hydrogen-bond donors (Lipinski definition) is 0. The van der Waals surface area contributed by atoms with E-state index in [2.05, 4.69) is 15.6 Å². The minimum Gasteiger partial charge on any atom is -0.497 e. The molecule has 2 aromatic rings. The van der Waals surface area contributed by atoms with E-state index in [0.717, 1.165) is 35.6 Å². The maximum atomic E-state index is 12.6. The molecular formula is C21H20N2O3. The zero-order valence-electron chi connectivity index (χ0n) is 15.1. The van der Waals surface area contributed by atoms with Gasteiger partial charge in [0.05, 0.1) is 31.1 Å². The van der Waals surface area contributed by atoms with Crippen molar-refractivity contribution < 1.29 is 14.3 Å². The van der Waals surface area contributed by atoms with Crippen LogP contribution in [0.2, 0.25) is 0 Å². The predicted octanol–water partition coefficient (Wildman–Crippen LogP) is 3.53. The summed E-state index contributed by atoms with van der Waals surface area (Å²) in [4.78, 5) is 17.2. The Morgan fingerprint density at radius 2 is 2.08 bits per heavy atom. The Morgan fingerprint density at radius 3 is 2.85 bits per heavy atom. The number of carbonyl (C=O) groups excluding carboxylic acids is 1.